The summed E-state index contributed by atoms with van der Waals surface area (Å²) in [6.45, 7) is 4.18. The van der Waals surface area contributed by atoms with Gasteiger partial charge in [0.1, 0.15) is 5.01 Å². The van der Waals surface area contributed by atoms with Crippen LogP contribution in [0.2, 0.25) is 0 Å². The second-order valence-corrected chi connectivity index (χ2v) is 5.45. The first-order valence-electron chi connectivity index (χ1n) is 6.38. The summed E-state index contributed by atoms with van der Waals surface area (Å²) in [5.74, 6) is 0. The summed E-state index contributed by atoms with van der Waals surface area (Å²) in [6.07, 6.45) is 1.76. The summed E-state index contributed by atoms with van der Waals surface area (Å²) < 4.78 is 0. The Balaban J connectivity index is 2.33. The fourth-order valence-corrected chi connectivity index (χ4v) is 2.99. The van der Waals surface area contributed by atoms with Crippen molar-refractivity contribution in [2.75, 3.05) is 0 Å². The van der Waals surface area contributed by atoms with Gasteiger partial charge in [-0.25, -0.2) is 4.98 Å². The summed E-state index contributed by atoms with van der Waals surface area (Å²) in [5, 5.41) is 11.8. The van der Waals surface area contributed by atoms with Gasteiger partial charge >= 0.3 is 0 Å². The van der Waals surface area contributed by atoms with E-state index in [-0.39, 0.29) is 5.54 Å². The van der Waals surface area contributed by atoms with Gasteiger partial charge in [0.25, 0.3) is 0 Å². The molecule has 0 fully saturated rings. The fourth-order valence-electron chi connectivity index (χ4n) is 1.90. The first-order chi connectivity index (χ1) is 9.12. The third-order valence-electron chi connectivity index (χ3n) is 3.50. The fraction of sp³-hybridized carbons (Fsp3) is 0.333. The van der Waals surface area contributed by atoms with Gasteiger partial charge in [0, 0.05) is 10.9 Å². The largest absolute Gasteiger partial charge is 0.319 e. The lowest BCUT2D eigenvalue weighted by Crippen LogP contribution is -2.34. The van der Waals surface area contributed by atoms with Crippen LogP contribution in [-0.2, 0) is 5.54 Å². The Morgan fingerprint density at radius 1 is 1.26 bits per heavy atom. The Kier molecular flexibility index (Phi) is 3.98. The van der Waals surface area contributed by atoms with Gasteiger partial charge in [-0.3, -0.25) is 0 Å². The predicted octanol–water partition coefficient (Wildman–Crippen LogP) is 3.66. The highest BCUT2D eigenvalue weighted by molar-refractivity contribution is 7.10. The van der Waals surface area contributed by atoms with Crippen molar-refractivity contribution in [2.24, 2.45) is 5.73 Å². The molecule has 2 N–H and O–H groups in total. The van der Waals surface area contributed by atoms with Gasteiger partial charge in [-0.15, -0.1) is 11.3 Å². The summed E-state index contributed by atoms with van der Waals surface area (Å²) in [7, 11) is 0. The van der Waals surface area contributed by atoms with Gasteiger partial charge < -0.3 is 5.73 Å². The van der Waals surface area contributed by atoms with Crippen molar-refractivity contribution in [3.8, 4) is 17.3 Å². The van der Waals surface area contributed by atoms with E-state index in [1.165, 1.54) is 0 Å². The Morgan fingerprint density at radius 2 is 1.89 bits per heavy atom. The monoisotopic (exact) mass is 271 g/mol. The molecule has 0 unspecified atom stereocenters. The molecule has 0 saturated carbocycles. The average molecular weight is 271 g/mol. The summed E-state index contributed by atoms with van der Waals surface area (Å²) in [6, 6.07) is 9.58. The van der Waals surface area contributed by atoms with Crippen LogP contribution >= 0.6 is 11.3 Å². The Labute approximate surface area is 117 Å². The van der Waals surface area contributed by atoms with Crippen LogP contribution in [0.1, 0.15) is 37.3 Å². The molecule has 2 aromatic rings. The molecule has 4 heteroatoms. The minimum absolute atomic E-state index is 0.324. The normalized spacial score (nSPS) is 11.3. The molecule has 3 nitrogen and oxygen atoms in total. The number of aromatic nitrogens is 1. The Bertz CT molecular complexity index is 589. The molecular formula is C15H17N3S. The average Bonchev–Trinajstić information content (AvgIpc) is 2.97. The third-order valence-corrected chi connectivity index (χ3v) is 4.56. The van der Waals surface area contributed by atoms with Gasteiger partial charge in [-0.05, 0) is 25.0 Å². The highest BCUT2D eigenvalue weighted by Gasteiger charge is 2.26. The van der Waals surface area contributed by atoms with Gasteiger partial charge in [-0.1, -0.05) is 26.0 Å². The number of nitriles is 1. The maximum atomic E-state index is 8.79. The van der Waals surface area contributed by atoms with E-state index in [0.717, 1.165) is 29.1 Å². The molecule has 0 amide bonds. The molecule has 1 aromatic heterocycles. The quantitative estimate of drug-likeness (QED) is 0.923. The maximum absolute atomic E-state index is 8.79. The van der Waals surface area contributed by atoms with Gasteiger partial charge in [0.05, 0.1) is 22.9 Å². The van der Waals surface area contributed by atoms with Crippen LogP contribution in [0, 0.1) is 11.3 Å². The van der Waals surface area contributed by atoms with Crippen LogP contribution in [-0.4, -0.2) is 4.98 Å². The van der Waals surface area contributed by atoms with E-state index in [2.05, 4.69) is 24.9 Å². The minimum Gasteiger partial charge on any atom is -0.319 e. The van der Waals surface area contributed by atoms with Crippen LogP contribution in [0.4, 0.5) is 0 Å². The van der Waals surface area contributed by atoms with E-state index >= 15 is 0 Å². The van der Waals surface area contributed by atoms with Crippen LogP contribution < -0.4 is 5.73 Å². The van der Waals surface area contributed by atoms with E-state index < -0.39 is 0 Å². The summed E-state index contributed by atoms with van der Waals surface area (Å²) in [5.41, 5.74) is 8.65. The standard InChI is InChI=1S/C15H17N3S/c1-3-15(17,4-2)14-18-13(10-19-14)12-7-5-11(9-16)6-8-12/h5-8,10H,3-4,17H2,1-2H3. The second kappa shape index (κ2) is 5.52. The zero-order valence-electron chi connectivity index (χ0n) is 11.2. The number of rotatable bonds is 4. The maximum Gasteiger partial charge on any atom is 0.113 e. The van der Waals surface area contributed by atoms with Crippen molar-refractivity contribution >= 4 is 11.3 Å². The van der Waals surface area contributed by atoms with Crippen molar-refractivity contribution in [2.45, 2.75) is 32.2 Å². The molecule has 0 atom stereocenters. The molecule has 0 bridgehead atoms. The first-order valence-corrected chi connectivity index (χ1v) is 7.26. The molecule has 1 heterocycles. The molecule has 0 saturated heterocycles. The van der Waals surface area contributed by atoms with Gasteiger partial charge in [-0.2, -0.15) is 5.26 Å². The Hall–Kier alpha value is -1.70. The highest BCUT2D eigenvalue weighted by Crippen LogP contribution is 2.31. The SMILES string of the molecule is CCC(N)(CC)c1nc(-c2ccc(C#N)cc2)cs1. The smallest absolute Gasteiger partial charge is 0.113 e. The van der Waals surface area contributed by atoms with Gasteiger partial charge in [0.15, 0.2) is 0 Å². The van der Waals surface area contributed by atoms with E-state index in [4.69, 9.17) is 11.0 Å². The van der Waals surface area contributed by atoms with Crippen LogP contribution in [0.25, 0.3) is 11.3 Å². The minimum atomic E-state index is -0.324. The second-order valence-electron chi connectivity index (χ2n) is 4.59. The van der Waals surface area contributed by atoms with Crippen LogP contribution in [0.15, 0.2) is 29.6 Å². The predicted molar refractivity (Wildman–Crippen MR) is 78.7 cm³/mol. The van der Waals surface area contributed by atoms with Crippen molar-refractivity contribution in [1.29, 1.82) is 5.26 Å². The first kappa shape index (κ1) is 13.7. The Morgan fingerprint density at radius 3 is 2.42 bits per heavy atom. The van der Waals surface area contributed by atoms with Gasteiger partial charge in [0.2, 0.25) is 0 Å². The molecule has 0 aliphatic heterocycles. The van der Waals surface area contributed by atoms with E-state index in [9.17, 15) is 0 Å². The molecule has 2 rings (SSSR count). The van der Waals surface area contributed by atoms with Crippen LogP contribution in [0.5, 0.6) is 0 Å². The summed E-state index contributed by atoms with van der Waals surface area (Å²) in [4.78, 5) is 4.66. The third kappa shape index (κ3) is 2.67. The molecule has 1 aromatic carbocycles. The number of thiazole rings is 1. The molecule has 0 aliphatic carbocycles. The lowest BCUT2D eigenvalue weighted by molar-refractivity contribution is 0.411. The molecule has 0 aliphatic rings. The van der Waals surface area contributed by atoms with E-state index in [1.54, 1.807) is 11.3 Å². The lowest BCUT2D eigenvalue weighted by Gasteiger charge is -2.23. The molecule has 0 spiro atoms. The molecule has 98 valence electrons. The van der Waals surface area contributed by atoms with Crippen molar-refractivity contribution in [3.05, 3.63) is 40.2 Å². The number of benzene rings is 1. The van der Waals surface area contributed by atoms with E-state index in [0.29, 0.717) is 5.56 Å². The van der Waals surface area contributed by atoms with Crippen molar-refractivity contribution in [3.63, 3.8) is 0 Å². The number of nitrogens with two attached hydrogens (primary N) is 1. The molecular weight excluding hydrogens is 254 g/mol. The summed E-state index contributed by atoms with van der Waals surface area (Å²) >= 11 is 1.61. The van der Waals surface area contributed by atoms with Crippen molar-refractivity contribution < 1.29 is 0 Å². The number of hydrogen-bond acceptors (Lipinski definition) is 4. The van der Waals surface area contributed by atoms with Crippen molar-refractivity contribution in [1.82, 2.24) is 4.98 Å². The molecule has 19 heavy (non-hydrogen) atoms. The molecule has 0 radical (unpaired) electrons. The van der Waals surface area contributed by atoms with E-state index in [1.807, 2.05) is 29.6 Å². The van der Waals surface area contributed by atoms with Crippen LogP contribution in [0.3, 0.4) is 0 Å². The topological polar surface area (TPSA) is 62.7 Å². The number of nitrogens with zero attached hydrogens (tertiary/aromatic N) is 2. The zero-order valence-corrected chi connectivity index (χ0v) is 12.0. The zero-order chi connectivity index (χ0) is 13.9. The lowest BCUT2D eigenvalue weighted by atomic mass is 9.95. The number of hydrogen-bond donors (Lipinski definition) is 1. The highest BCUT2D eigenvalue weighted by atomic mass is 32.1.